The molecule has 1 aliphatic heterocycles. The summed E-state index contributed by atoms with van der Waals surface area (Å²) in [6.45, 7) is -0.231. The molecule has 0 bridgehead atoms. The largest absolute Gasteiger partial charge is 0.497 e. The van der Waals surface area contributed by atoms with Gasteiger partial charge in [0, 0.05) is 12.0 Å². The molecule has 0 radical (unpaired) electrons. The zero-order chi connectivity index (χ0) is 24.8. The highest BCUT2D eigenvalue weighted by molar-refractivity contribution is 6.03. The molecule has 180 valence electrons. The van der Waals surface area contributed by atoms with Gasteiger partial charge < -0.3 is 18.9 Å². The minimum atomic E-state index is -0.357. The summed E-state index contributed by atoms with van der Waals surface area (Å²) < 4.78 is 21.7. The van der Waals surface area contributed by atoms with Gasteiger partial charge in [0.2, 0.25) is 0 Å². The van der Waals surface area contributed by atoms with Crippen LogP contribution in [0.5, 0.6) is 23.0 Å². The Morgan fingerprint density at radius 1 is 0.943 bits per heavy atom. The normalized spacial score (nSPS) is 14.8. The first-order chi connectivity index (χ1) is 17.1. The number of hydrogen-bond acceptors (Lipinski definition) is 7. The van der Waals surface area contributed by atoms with Gasteiger partial charge in [-0.05, 0) is 59.7 Å². The molecule has 8 heteroatoms. The van der Waals surface area contributed by atoms with Crippen molar-refractivity contribution >= 4 is 17.9 Å². The van der Waals surface area contributed by atoms with Crippen LogP contribution in [-0.2, 0) is 4.79 Å². The first-order valence-corrected chi connectivity index (χ1v) is 11.0. The molecule has 1 aliphatic rings. The molecule has 0 fully saturated rings. The van der Waals surface area contributed by atoms with Crippen molar-refractivity contribution in [1.29, 1.82) is 0 Å². The van der Waals surface area contributed by atoms with Gasteiger partial charge in [-0.2, -0.15) is 5.10 Å². The second-order valence-electron chi connectivity index (χ2n) is 7.83. The second-order valence-corrected chi connectivity index (χ2v) is 7.83. The summed E-state index contributed by atoms with van der Waals surface area (Å²) in [5, 5.41) is 6.12. The van der Waals surface area contributed by atoms with Gasteiger partial charge >= 0.3 is 0 Å². The predicted molar refractivity (Wildman–Crippen MR) is 131 cm³/mol. The average Bonchev–Trinajstić information content (AvgIpc) is 3.37. The molecular weight excluding hydrogens is 448 g/mol. The average molecular weight is 475 g/mol. The van der Waals surface area contributed by atoms with Crippen LogP contribution >= 0.6 is 0 Å². The van der Waals surface area contributed by atoms with E-state index in [0.29, 0.717) is 29.2 Å². The first-order valence-electron chi connectivity index (χ1n) is 11.0. The molecule has 8 nitrogen and oxygen atoms in total. The van der Waals surface area contributed by atoms with Crippen molar-refractivity contribution in [1.82, 2.24) is 5.01 Å². The lowest BCUT2D eigenvalue weighted by Gasteiger charge is -2.23. The highest BCUT2D eigenvalue weighted by Crippen LogP contribution is 2.37. The fourth-order valence-electron chi connectivity index (χ4n) is 3.91. The number of hydrogen-bond donors (Lipinski definition) is 0. The van der Waals surface area contributed by atoms with Crippen LogP contribution < -0.4 is 18.9 Å². The number of carbonyl (C=O) groups is 2. The van der Waals surface area contributed by atoms with E-state index >= 15 is 0 Å². The van der Waals surface area contributed by atoms with Crippen molar-refractivity contribution in [2.45, 2.75) is 12.5 Å². The van der Waals surface area contributed by atoms with E-state index in [-0.39, 0.29) is 18.6 Å². The number of hydrazone groups is 1. The third-order valence-corrected chi connectivity index (χ3v) is 5.74. The van der Waals surface area contributed by atoms with Crippen LogP contribution in [0.15, 0.2) is 71.8 Å². The number of carbonyl (C=O) groups excluding carboxylic acids is 2. The monoisotopic (exact) mass is 474 g/mol. The van der Waals surface area contributed by atoms with Crippen molar-refractivity contribution < 1.29 is 28.5 Å². The predicted octanol–water partition coefficient (Wildman–Crippen LogP) is 4.28. The molecule has 3 aromatic carbocycles. The van der Waals surface area contributed by atoms with Crippen molar-refractivity contribution in [2.24, 2.45) is 5.10 Å². The van der Waals surface area contributed by atoms with Gasteiger partial charge in [0.25, 0.3) is 5.91 Å². The van der Waals surface area contributed by atoms with E-state index < -0.39 is 0 Å². The SMILES string of the molecule is COc1ccc(C2=NN(C(=O)COc3cccc(C=O)c3)C(c3ccc(OC)c(OC)c3)C2)cc1. The number of aldehydes is 1. The lowest BCUT2D eigenvalue weighted by Crippen LogP contribution is -2.31. The third kappa shape index (κ3) is 5.27. The topological polar surface area (TPSA) is 86.7 Å². The van der Waals surface area contributed by atoms with Crippen LogP contribution in [0.4, 0.5) is 0 Å². The maximum absolute atomic E-state index is 13.3. The second kappa shape index (κ2) is 10.7. The van der Waals surface area contributed by atoms with E-state index in [0.717, 1.165) is 28.9 Å². The highest BCUT2D eigenvalue weighted by atomic mass is 16.5. The smallest absolute Gasteiger partial charge is 0.281 e. The molecule has 3 aromatic rings. The van der Waals surface area contributed by atoms with Crippen molar-refractivity contribution in [3.63, 3.8) is 0 Å². The molecule has 1 unspecified atom stereocenters. The van der Waals surface area contributed by atoms with Crippen molar-refractivity contribution in [2.75, 3.05) is 27.9 Å². The van der Waals surface area contributed by atoms with Gasteiger partial charge in [0.15, 0.2) is 18.1 Å². The highest BCUT2D eigenvalue weighted by Gasteiger charge is 2.34. The summed E-state index contributed by atoms with van der Waals surface area (Å²) in [7, 11) is 4.75. The van der Waals surface area contributed by atoms with Gasteiger partial charge in [0.1, 0.15) is 17.8 Å². The van der Waals surface area contributed by atoms with E-state index in [2.05, 4.69) is 5.10 Å². The van der Waals surface area contributed by atoms with E-state index in [4.69, 9.17) is 18.9 Å². The Labute approximate surface area is 203 Å². The lowest BCUT2D eigenvalue weighted by atomic mass is 9.98. The van der Waals surface area contributed by atoms with Crippen molar-refractivity contribution in [3.05, 3.63) is 83.4 Å². The standard InChI is InChI=1S/C27H26N2O6/c1-32-21-10-7-19(8-11-21)23-15-24(20-9-12-25(33-2)26(14-20)34-3)29(28-23)27(31)17-35-22-6-4-5-18(13-22)16-30/h4-14,16,24H,15,17H2,1-3H3. The molecule has 0 saturated carbocycles. The molecule has 0 aromatic heterocycles. The molecule has 0 N–H and O–H groups in total. The van der Waals surface area contributed by atoms with Gasteiger partial charge in [0.05, 0.1) is 33.1 Å². The number of benzene rings is 3. The fourth-order valence-corrected chi connectivity index (χ4v) is 3.91. The summed E-state index contributed by atoms with van der Waals surface area (Å²) in [5.74, 6) is 2.02. The Balaban J connectivity index is 1.62. The van der Waals surface area contributed by atoms with Crippen LogP contribution in [0.3, 0.4) is 0 Å². The molecule has 35 heavy (non-hydrogen) atoms. The van der Waals surface area contributed by atoms with Crippen LogP contribution in [-0.4, -0.2) is 50.9 Å². The molecule has 0 spiro atoms. The van der Waals surface area contributed by atoms with E-state index in [1.165, 1.54) is 5.01 Å². The summed E-state index contributed by atoms with van der Waals surface area (Å²) in [5.41, 5.74) is 2.99. The Morgan fingerprint density at radius 3 is 2.40 bits per heavy atom. The van der Waals surface area contributed by atoms with E-state index in [1.807, 2.05) is 42.5 Å². The maximum Gasteiger partial charge on any atom is 0.281 e. The summed E-state index contributed by atoms with van der Waals surface area (Å²) in [4.78, 5) is 24.3. The summed E-state index contributed by atoms with van der Waals surface area (Å²) >= 11 is 0. The Kier molecular flexibility index (Phi) is 7.30. The lowest BCUT2D eigenvalue weighted by molar-refractivity contribution is -0.135. The Bertz CT molecular complexity index is 1240. The van der Waals surface area contributed by atoms with Crippen LogP contribution in [0.25, 0.3) is 0 Å². The van der Waals surface area contributed by atoms with Gasteiger partial charge in [-0.1, -0.05) is 18.2 Å². The Morgan fingerprint density at radius 2 is 1.71 bits per heavy atom. The molecule has 1 amide bonds. The molecule has 4 rings (SSSR count). The molecule has 0 saturated heterocycles. The van der Waals surface area contributed by atoms with Gasteiger partial charge in [-0.15, -0.1) is 0 Å². The fraction of sp³-hybridized carbons (Fsp3) is 0.222. The van der Waals surface area contributed by atoms with Gasteiger partial charge in [-0.3, -0.25) is 9.59 Å². The van der Waals surface area contributed by atoms with Gasteiger partial charge in [-0.25, -0.2) is 5.01 Å². The number of amides is 1. The maximum atomic E-state index is 13.3. The number of methoxy groups -OCH3 is 3. The molecular formula is C27H26N2O6. The molecule has 1 heterocycles. The quantitative estimate of drug-likeness (QED) is 0.430. The first kappa shape index (κ1) is 23.8. The zero-order valence-corrected chi connectivity index (χ0v) is 19.8. The number of ether oxygens (including phenoxy) is 4. The minimum absolute atomic E-state index is 0.231. The van der Waals surface area contributed by atoms with Crippen LogP contribution in [0, 0.1) is 0 Å². The molecule has 0 aliphatic carbocycles. The van der Waals surface area contributed by atoms with E-state index in [1.54, 1.807) is 45.6 Å². The molecule has 1 atom stereocenters. The number of nitrogens with zero attached hydrogens (tertiary/aromatic N) is 2. The zero-order valence-electron chi connectivity index (χ0n) is 19.8. The Hall–Kier alpha value is -4.33. The van der Waals surface area contributed by atoms with Crippen LogP contribution in [0.2, 0.25) is 0 Å². The van der Waals surface area contributed by atoms with Crippen molar-refractivity contribution in [3.8, 4) is 23.0 Å². The summed E-state index contributed by atoms with van der Waals surface area (Å²) in [6.07, 6.45) is 1.24. The number of rotatable bonds is 9. The minimum Gasteiger partial charge on any atom is -0.497 e. The third-order valence-electron chi connectivity index (χ3n) is 5.74. The van der Waals surface area contributed by atoms with Crippen LogP contribution in [0.1, 0.15) is 33.9 Å². The summed E-state index contributed by atoms with van der Waals surface area (Å²) in [6, 6.07) is 19.4. The van der Waals surface area contributed by atoms with E-state index in [9.17, 15) is 9.59 Å².